The van der Waals surface area contributed by atoms with Crippen molar-refractivity contribution < 1.29 is 10.2 Å². The minimum atomic E-state index is -0.427. The molecule has 1 heterocycles. The fourth-order valence-electron chi connectivity index (χ4n) is 2.12. The van der Waals surface area contributed by atoms with Crippen LogP contribution < -0.4 is 0 Å². The summed E-state index contributed by atoms with van der Waals surface area (Å²) in [7, 11) is 0. The Morgan fingerprint density at radius 3 is 1.75 bits per heavy atom. The number of phenols is 2. The van der Waals surface area contributed by atoms with E-state index in [1.807, 2.05) is 29.6 Å². The predicted octanol–water partition coefficient (Wildman–Crippen LogP) is 4.40. The molecule has 5 heteroatoms. The number of rotatable bonds is 5. The molecule has 120 valence electrons. The number of nitrogens with zero attached hydrogens (tertiary/aromatic N) is 2. The fourth-order valence-corrected chi connectivity index (χ4v) is 2.83. The Morgan fingerprint density at radius 1 is 0.750 bits per heavy atom. The standard InChI is InChI=1S/C19H16N2O2S/c22-16-8-3-1-6-14(16)12-20-19(18-10-5-11-24-18)21-13-15-7-2-4-9-17(15)23/h1-13,19,22-23H/b20-12+,21-13+. The highest BCUT2D eigenvalue weighted by Crippen LogP contribution is 2.25. The highest BCUT2D eigenvalue weighted by Gasteiger charge is 2.08. The summed E-state index contributed by atoms with van der Waals surface area (Å²) < 4.78 is 0. The van der Waals surface area contributed by atoms with Gasteiger partial charge >= 0.3 is 0 Å². The van der Waals surface area contributed by atoms with Gasteiger partial charge in [-0.3, -0.25) is 9.98 Å². The van der Waals surface area contributed by atoms with Crippen LogP contribution in [0, 0.1) is 0 Å². The summed E-state index contributed by atoms with van der Waals surface area (Å²) in [4.78, 5) is 9.96. The number of hydrogen-bond acceptors (Lipinski definition) is 5. The van der Waals surface area contributed by atoms with Gasteiger partial charge < -0.3 is 10.2 Å². The number of aromatic hydroxyl groups is 2. The van der Waals surface area contributed by atoms with E-state index in [1.54, 1.807) is 60.2 Å². The SMILES string of the molecule is Oc1ccccc1/C=N/C(/N=C/c1ccccc1O)c1cccs1. The van der Waals surface area contributed by atoms with Crippen molar-refractivity contribution in [2.24, 2.45) is 9.98 Å². The van der Waals surface area contributed by atoms with Gasteiger partial charge in [-0.15, -0.1) is 11.3 Å². The highest BCUT2D eigenvalue weighted by atomic mass is 32.1. The molecule has 0 unspecified atom stereocenters. The maximum Gasteiger partial charge on any atom is 0.174 e. The van der Waals surface area contributed by atoms with Crippen LogP contribution in [0.4, 0.5) is 0 Å². The van der Waals surface area contributed by atoms with E-state index in [2.05, 4.69) is 9.98 Å². The van der Waals surface area contributed by atoms with Crippen molar-refractivity contribution in [3.63, 3.8) is 0 Å². The second-order valence-corrected chi connectivity index (χ2v) is 6.04. The van der Waals surface area contributed by atoms with E-state index in [-0.39, 0.29) is 11.5 Å². The van der Waals surface area contributed by atoms with Crippen LogP contribution in [-0.2, 0) is 0 Å². The molecule has 3 rings (SSSR count). The molecule has 1 aromatic heterocycles. The van der Waals surface area contributed by atoms with Gasteiger partial charge in [0.05, 0.1) is 4.88 Å². The number of para-hydroxylation sites is 2. The van der Waals surface area contributed by atoms with E-state index in [4.69, 9.17) is 0 Å². The topological polar surface area (TPSA) is 65.2 Å². The van der Waals surface area contributed by atoms with E-state index in [0.717, 1.165) is 4.88 Å². The Bertz CT molecular complexity index is 802. The molecule has 0 bridgehead atoms. The fraction of sp³-hybridized carbons (Fsp3) is 0.0526. The van der Waals surface area contributed by atoms with Gasteiger partial charge in [-0.05, 0) is 35.7 Å². The summed E-state index contributed by atoms with van der Waals surface area (Å²) in [5.74, 6) is 0.353. The molecule has 2 aromatic carbocycles. The first-order valence-electron chi connectivity index (χ1n) is 7.40. The van der Waals surface area contributed by atoms with Crippen molar-refractivity contribution in [1.29, 1.82) is 0 Å². The van der Waals surface area contributed by atoms with Crippen molar-refractivity contribution in [3.8, 4) is 11.5 Å². The third-order valence-corrected chi connectivity index (χ3v) is 4.29. The van der Waals surface area contributed by atoms with Crippen LogP contribution in [-0.4, -0.2) is 22.6 Å². The van der Waals surface area contributed by atoms with Crippen molar-refractivity contribution >= 4 is 23.8 Å². The largest absolute Gasteiger partial charge is 0.507 e. The first-order valence-corrected chi connectivity index (χ1v) is 8.28. The zero-order chi connectivity index (χ0) is 16.8. The zero-order valence-electron chi connectivity index (χ0n) is 12.8. The Balaban J connectivity index is 1.88. The van der Waals surface area contributed by atoms with Gasteiger partial charge in [-0.1, -0.05) is 30.3 Å². The van der Waals surface area contributed by atoms with Gasteiger partial charge in [0.1, 0.15) is 11.5 Å². The van der Waals surface area contributed by atoms with Crippen LogP contribution in [0.5, 0.6) is 11.5 Å². The quantitative estimate of drug-likeness (QED) is 0.678. The van der Waals surface area contributed by atoms with Gasteiger partial charge in [0.15, 0.2) is 6.17 Å². The van der Waals surface area contributed by atoms with Crippen LogP contribution >= 0.6 is 11.3 Å². The smallest absolute Gasteiger partial charge is 0.174 e. The van der Waals surface area contributed by atoms with E-state index >= 15 is 0 Å². The van der Waals surface area contributed by atoms with E-state index < -0.39 is 6.17 Å². The predicted molar refractivity (Wildman–Crippen MR) is 98.5 cm³/mol. The molecule has 24 heavy (non-hydrogen) atoms. The molecule has 0 radical (unpaired) electrons. The van der Waals surface area contributed by atoms with E-state index in [0.29, 0.717) is 11.1 Å². The summed E-state index contributed by atoms with van der Waals surface area (Å²) >= 11 is 1.56. The number of thiophene rings is 1. The maximum atomic E-state index is 9.84. The molecule has 0 aliphatic heterocycles. The number of phenolic OH excluding ortho intramolecular Hbond substituents is 2. The Morgan fingerprint density at radius 2 is 1.29 bits per heavy atom. The second-order valence-electron chi connectivity index (χ2n) is 5.06. The highest BCUT2D eigenvalue weighted by molar-refractivity contribution is 7.10. The molecule has 0 atom stereocenters. The summed E-state index contributed by atoms with van der Waals surface area (Å²) in [6, 6.07) is 17.9. The zero-order valence-corrected chi connectivity index (χ0v) is 13.6. The third kappa shape index (κ3) is 3.88. The van der Waals surface area contributed by atoms with Crippen molar-refractivity contribution in [1.82, 2.24) is 0 Å². The third-order valence-electron chi connectivity index (χ3n) is 3.38. The van der Waals surface area contributed by atoms with Gasteiger partial charge in [-0.2, -0.15) is 0 Å². The molecule has 0 amide bonds. The van der Waals surface area contributed by atoms with Crippen LogP contribution in [0.2, 0.25) is 0 Å². The molecule has 0 spiro atoms. The lowest BCUT2D eigenvalue weighted by molar-refractivity contribution is 0.474. The Hall–Kier alpha value is -2.92. The average Bonchev–Trinajstić information content (AvgIpc) is 3.12. The van der Waals surface area contributed by atoms with Crippen LogP contribution in [0.25, 0.3) is 0 Å². The molecule has 0 fully saturated rings. The lowest BCUT2D eigenvalue weighted by atomic mass is 10.2. The minimum absolute atomic E-state index is 0.177. The molecule has 2 N–H and O–H groups in total. The normalized spacial score (nSPS) is 11.7. The summed E-state index contributed by atoms with van der Waals surface area (Å²) in [6.07, 6.45) is 2.80. The minimum Gasteiger partial charge on any atom is -0.507 e. The molecule has 0 aliphatic rings. The van der Waals surface area contributed by atoms with Crippen molar-refractivity contribution in [2.45, 2.75) is 6.17 Å². The Kier molecular flexibility index (Phi) is 5.03. The van der Waals surface area contributed by atoms with Crippen LogP contribution in [0.3, 0.4) is 0 Å². The lowest BCUT2D eigenvalue weighted by Crippen LogP contribution is -1.93. The molecule has 4 nitrogen and oxygen atoms in total. The Labute approximate surface area is 144 Å². The van der Waals surface area contributed by atoms with Gasteiger partial charge in [0.2, 0.25) is 0 Å². The van der Waals surface area contributed by atoms with Crippen LogP contribution in [0.15, 0.2) is 76.0 Å². The van der Waals surface area contributed by atoms with Gasteiger partial charge in [-0.25, -0.2) is 0 Å². The average molecular weight is 336 g/mol. The lowest BCUT2D eigenvalue weighted by Gasteiger charge is -2.06. The number of hydrogen-bond donors (Lipinski definition) is 2. The number of aliphatic imine (C=N–C) groups is 2. The van der Waals surface area contributed by atoms with E-state index in [1.165, 1.54) is 0 Å². The van der Waals surface area contributed by atoms with E-state index in [9.17, 15) is 10.2 Å². The first-order chi connectivity index (χ1) is 11.7. The summed E-state index contributed by atoms with van der Waals surface area (Å²) in [5, 5.41) is 21.6. The molecule has 0 saturated heterocycles. The van der Waals surface area contributed by atoms with Crippen LogP contribution in [0.1, 0.15) is 22.2 Å². The summed E-state index contributed by atoms with van der Waals surface area (Å²) in [5.41, 5.74) is 1.27. The first kappa shape index (κ1) is 16.0. The van der Waals surface area contributed by atoms with Crippen molar-refractivity contribution in [3.05, 3.63) is 82.0 Å². The molecule has 0 aliphatic carbocycles. The molecule has 3 aromatic rings. The molecule has 0 saturated carbocycles. The maximum absolute atomic E-state index is 9.84. The second kappa shape index (κ2) is 7.57. The molecular formula is C19H16N2O2S. The number of benzene rings is 2. The van der Waals surface area contributed by atoms with Gasteiger partial charge in [0.25, 0.3) is 0 Å². The van der Waals surface area contributed by atoms with Gasteiger partial charge in [0, 0.05) is 23.6 Å². The summed E-state index contributed by atoms with van der Waals surface area (Å²) in [6.45, 7) is 0. The van der Waals surface area contributed by atoms with Crippen molar-refractivity contribution in [2.75, 3.05) is 0 Å². The molecular weight excluding hydrogens is 320 g/mol. The monoisotopic (exact) mass is 336 g/mol.